The van der Waals surface area contributed by atoms with Gasteiger partial charge in [-0.25, -0.2) is 0 Å². The maximum Gasteiger partial charge on any atom is 0.247 e. The fraction of sp³-hybridized carbons (Fsp3) is 0.467. The van der Waals surface area contributed by atoms with Crippen LogP contribution in [0.25, 0.3) is 11.4 Å². The minimum Gasteiger partial charge on any atom is -0.350 e. The molecule has 0 bridgehead atoms. The Kier molecular flexibility index (Phi) is 7.12. The maximum absolute atomic E-state index is 12.4. The lowest BCUT2D eigenvalue weighted by Crippen LogP contribution is -2.43. The largest absolute Gasteiger partial charge is 0.350 e. The molecule has 23 heavy (non-hydrogen) atoms. The van der Waals surface area contributed by atoms with E-state index < -0.39 is 6.04 Å². The van der Waals surface area contributed by atoms with E-state index in [0.717, 1.165) is 5.56 Å². The second kappa shape index (κ2) is 8.59. The fourth-order valence-corrected chi connectivity index (χ4v) is 2.11. The van der Waals surface area contributed by atoms with Crippen molar-refractivity contribution in [1.29, 1.82) is 0 Å². The lowest BCUT2D eigenvalue weighted by molar-refractivity contribution is -0.126. The van der Waals surface area contributed by atoms with Crippen molar-refractivity contribution in [2.45, 2.75) is 32.9 Å². The van der Waals surface area contributed by atoms with Crippen LogP contribution in [0.5, 0.6) is 0 Å². The molecule has 0 fully saturated rings. The molecule has 0 saturated carbocycles. The predicted molar refractivity (Wildman–Crippen MR) is 91.0 cm³/mol. The standard InChI is InChI=1S/C15H22N6O.ClH/c1-10(2)13(15(22)17-11(3)9-16)21-19-14(18-20-21)12-7-5-4-6-8-12;/h4-8,10-11,13H,9,16H2,1-3H3,(H,17,22);1H/t11-,13?;/m0./s1. The Morgan fingerprint density at radius 1 is 1.26 bits per heavy atom. The number of hydrogen-bond acceptors (Lipinski definition) is 5. The Morgan fingerprint density at radius 3 is 2.48 bits per heavy atom. The number of nitrogens with two attached hydrogens (primary N) is 1. The van der Waals surface area contributed by atoms with Gasteiger partial charge in [-0.05, 0) is 18.1 Å². The van der Waals surface area contributed by atoms with Gasteiger partial charge in [-0.1, -0.05) is 44.2 Å². The topological polar surface area (TPSA) is 98.7 Å². The first kappa shape index (κ1) is 19.1. The van der Waals surface area contributed by atoms with Crippen molar-refractivity contribution in [2.24, 2.45) is 11.7 Å². The van der Waals surface area contributed by atoms with Crippen molar-refractivity contribution in [3.63, 3.8) is 0 Å². The Balaban J connectivity index is 0.00000264. The number of hydrogen-bond donors (Lipinski definition) is 2. The van der Waals surface area contributed by atoms with Crippen LogP contribution in [0.2, 0.25) is 0 Å². The minimum atomic E-state index is -0.515. The molecule has 0 aliphatic rings. The summed E-state index contributed by atoms with van der Waals surface area (Å²) < 4.78 is 0. The van der Waals surface area contributed by atoms with Crippen LogP contribution in [0.4, 0.5) is 0 Å². The van der Waals surface area contributed by atoms with E-state index in [1.165, 1.54) is 4.80 Å². The highest BCUT2D eigenvalue weighted by Crippen LogP contribution is 2.18. The van der Waals surface area contributed by atoms with Crippen molar-refractivity contribution in [3.8, 4) is 11.4 Å². The number of nitrogens with zero attached hydrogens (tertiary/aromatic N) is 4. The average Bonchev–Trinajstić information content (AvgIpc) is 2.97. The van der Waals surface area contributed by atoms with E-state index in [2.05, 4.69) is 20.7 Å². The lowest BCUT2D eigenvalue weighted by Gasteiger charge is -2.21. The van der Waals surface area contributed by atoms with Gasteiger partial charge in [-0.15, -0.1) is 22.6 Å². The van der Waals surface area contributed by atoms with Crippen molar-refractivity contribution >= 4 is 18.3 Å². The van der Waals surface area contributed by atoms with Crippen LogP contribution >= 0.6 is 12.4 Å². The molecule has 1 unspecified atom stereocenters. The number of amides is 1. The Hall–Kier alpha value is -1.99. The van der Waals surface area contributed by atoms with Gasteiger partial charge in [-0.2, -0.15) is 4.80 Å². The summed E-state index contributed by atoms with van der Waals surface area (Å²) in [5, 5.41) is 15.3. The summed E-state index contributed by atoms with van der Waals surface area (Å²) in [4.78, 5) is 13.8. The molecule has 0 saturated heterocycles. The molecule has 0 radical (unpaired) electrons. The molecule has 7 nitrogen and oxygen atoms in total. The molecule has 2 aromatic rings. The normalized spacial score (nSPS) is 13.3. The number of aromatic nitrogens is 4. The predicted octanol–water partition coefficient (Wildman–Crippen LogP) is 1.42. The number of carbonyl (C=O) groups excluding carboxylic acids is 1. The van der Waals surface area contributed by atoms with Crippen molar-refractivity contribution in [1.82, 2.24) is 25.5 Å². The molecule has 2 atom stereocenters. The Morgan fingerprint density at radius 2 is 1.91 bits per heavy atom. The molecule has 1 aromatic heterocycles. The van der Waals surface area contributed by atoms with Gasteiger partial charge in [0.05, 0.1) is 0 Å². The summed E-state index contributed by atoms with van der Waals surface area (Å²) in [6, 6.07) is 8.94. The van der Waals surface area contributed by atoms with Crippen LogP contribution in [0, 0.1) is 5.92 Å². The second-order valence-corrected chi connectivity index (χ2v) is 5.63. The fourth-order valence-electron chi connectivity index (χ4n) is 2.11. The van der Waals surface area contributed by atoms with Gasteiger partial charge in [0.15, 0.2) is 6.04 Å². The highest BCUT2D eigenvalue weighted by atomic mass is 35.5. The van der Waals surface area contributed by atoms with E-state index >= 15 is 0 Å². The number of carbonyl (C=O) groups is 1. The zero-order valence-corrected chi connectivity index (χ0v) is 14.3. The highest BCUT2D eigenvalue weighted by Gasteiger charge is 2.27. The molecular formula is C15H23ClN6O. The number of benzene rings is 1. The maximum atomic E-state index is 12.4. The van der Waals surface area contributed by atoms with Gasteiger partial charge in [0.25, 0.3) is 0 Å². The first-order valence-electron chi connectivity index (χ1n) is 7.38. The van der Waals surface area contributed by atoms with Crippen LogP contribution in [-0.4, -0.2) is 38.7 Å². The molecule has 0 spiro atoms. The van der Waals surface area contributed by atoms with Crippen molar-refractivity contribution in [2.75, 3.05) is 6.54 Å². The van der Waals surface area contributed by atoms with E-state index in [9.17, 15) is 4.79 Å². The third-order valence-electron chi connectivity index (χ3n) is 3.35. The summed E-state index contributed by atoms with van der Waals surface area (Å²) in [5.41, 5.74) is 6.42. The lowest BCUT2D eigenvalue weighted by atomic mass is 10.0. The van der Waals surface area contributed by atoms with Crippen LogP contribution in [0.3, 0.4) is 0 Å². The Bertz CT molecular complexity index is 615. The van der Waals surface area contributed by atoms with Crippen LogP contribution < -0.4 is 11.1 Å². The molecule has 3 N–H and O–H groups in total. The monoisotopic (exact) mass is 338 g/mol. The zero-order valence-electron chi connectivity index (χ0n) is 13.5. The highest BCUT2D eigenvalue weighted by molar-refractivity contribution is 5.85. The van der Waals surface area contributed by atoms with Gasteiger partial charge in [0.2, 0.25) is 11.7 Å². The molecule has 126 valence electrons. The van der Waals surface area contributed by atoms with Gasteiger partial charge in [-0.3, -0.25) is 4.79 Å². The summed E-state index contributed by atoms with van der Waals surface area (Å²) in [7, 11) is 0. The van der Waals surface area contributed by atoms with E-state index in [4.69, 9.17) is 5.73 Å². The molecule has 2 rings (SSSR count). The Labute approximate surface area is 142 Å². The summed E-state index contributed by atoms with van der Waals surface area (Å²) in [6.07, 6.45) is 0. The quantitative estimate of drug-likeness (QED) is 0.830. The van der Waals surface area contributed by atoms with E-state index in [-0.39, 0.29) is 30.3 Å². The van der Waals surface area contributed by atoms with Gasteiger partial charge >= 0.3 is 0 Å². The summed E-state index contributed by atoms with van der Waals surface area (Å²) in [6.45, 7) is 6.14. The molecule has 1 aromatic carbocycles. The molecule has 1 amide bonds. The number of nitrogens with one attached hydrogen (secondary N) is 1. The van der Waals surface area contributed by atoms with E-state index in [0.29, 0.717) is 12.4 Å². The molecule has 8 heteroatoms. The van der Waals surface area contributed by atoms with Crippen LogP contribution in [-0.2, 0) is 4.79 Å². The van der Waals surface area contributed by atoms with Crippen LogP contribution in [0.15, 0.2) is 30.3 Å². The third kappa shape index (κ3) is 4.74. The number of tetrazole rings is 1. The van der Waals surface area contributed by atoms with Gasteiger partial charge in [0, 0.05) is 18.2 Å². The van der Waals surface area contributed by atoms with E-state index in [1.54, 1.807) is 0 Å². The number of halogens is 1. The van der Waals surface area contributed by atoms with Gasteiger partial charge in [0.1, 0.15) is 0 Å². The summed E-state index contributed by atoms with van der Waals surface area (Å²) >= 11 is 0. The van der Waals surface area contributed by atoms with Gasteiger partial charge < -0.3 is 11.1 Å². The first-order valence-corrected chi connectivity index (χ1v) is 7.38. The van der Waals surface area contributed by atoms with Crippen molar-refractivity contribution < 1.29 is 4.79 Å². The second-order valence-electron chi connectivity index (χ2n) is 5.63. The molecule has 1 heterocycles. The third-order valence-corrected chi connectivity index (χ3v) is 3.35. The smallest absolute Gasteiger partial charge is 0.247 e. The zero-order chi connectivity index (χ0) is 16.1. The van der Waals surface area contributed by atoms with Crippen LogP contribution in [0.1, 0.15) is 26.8 Å². The summed E-state index contributed by atoms with van der Waals surface area (Å²) in [5.74, 6) is 0.388. The molecule has 0 aliphatic carbocycles. The average molecular weight is 339 g/mol. The SMILES string of the molecule is CC(C)C(C(=O)N[C@@H](C)CN)n1nnc(-c2ccccc2)n1.Cl. The number of rotatable bonds is 6. The van der Waals surface area contributed by atoms with E-state index in [1.807, 2.05) is 51.1 Å². The minimum absolute atomic E-state index is 0. The molecule has 0 aliphatic heterocycles. The van der Waals surface area contributed by atoms with Crippen molar-refractivity contribution in [3.05, 3.63) is 30.3 Å². The first-order chi connectivity index (χ1) is 10.5. The molecular weight excluding hydrogens is 316 g/mol.